The van der Waals surface area contributed by atoms with Crippen LogP contribution in [-0.2, 0) is 14.9 Å². The van der Waals surface area contributed by atoms with Gasteiger partial charge in [-0.2, -0.15) is 0 Å². The van der Waals surface area contributed by atoms with E-state index in [1.807, 2.05) is 13.8 Å². The van der Waals surface area contributed by atoms with Crippen LogP contribution in [0.4, 0.5) is 9.93 Å². The van der Waals surface area contributed by atoms with E-state index < -0.39 is 23.1 Å². The topological polar surface area (TPSA) is 88.5 Å². The first-order chi connectivity index (χ1) is 9.40. The van der Waals surface area contributed by atoms with Crippen molar-refractivity contribution in [3.8, 4) is 0 Å². The number of amides is 1. The molecule has 118 valence electrons. The van der Waals surface area contributed by atoms with Gasteiger partial charge in [-0.25, -0.2) is 9.78 Å². The monoisotopic (exact) mass is 314 g/mol. The summed E-state index contributed by atoms with van der Waals surface area (Å²) in [6.07, 6.45) is -0.569. The number of nitrogens with zero attached hydrogens (tertiary/aromatic N) is 1. The fourth-order valence-corrected chi connectivity index (χ4v) is 2.98. The highest BCUT2D eigenvalue weighted by molar-refractivity contribution is 7.16. The lowest BCUT2D eigenvalue weighted by atomic mass is 9.87. The molecule has 1 heterocycles. The van der Waals surface area contributed by atoms with Crippen LogP contribution < -0.4 is 5.32 Å². The van der Waals surface area contributed by atoms with E-state index in [2.05, 4.69) is 10.3 Å². The Hall–Kier alpha value is -1.63. The second-order valence-corrected chi connectivity index (χ2v) is 7.51. The third-order valence-corrected chi connectivity index (χ3v) is 4.05. The summed E-state index contributed by atoms with van der Waals surface area (Å²) in [6, 6.07) is 0. The number of carbonyl (C=O) groups is 2. The summed E-state index contributed by atoms with van der Waals surface area (Å²) in [5.41, 5.74) is -0.402. The van der Waals surface area contributed by atoms with E-state index in [1.54, 1.807) is 27.7 Å². The maximum atomic E-state index is 11.7. The quantitative estimate of drug-likeness (QED) is 0.887. The molecule has 0 spiro atoms. The zero-order valence-corrected chi connectivity index (χ0v) is 14.1. The number of nitrogens with one attached hydrogen (secondary N) is 1. The molecule has 6 nitrogen and oxygen atoms in total. The Morgan fingerprint density at radius 1 is 1.29 bits per heavy atom. The molecular formula is C14H22N2O4S. The highest BCUT2D eigenvalue weighted by Gasteiger charge is 2.29. The maximum Gasteiger partial charge on any atom is 0.413 e. The van der Waals surface area contributed by atoms with Gasteiger partial charge in [0.2, 0.25) is 0 Å². The standard InChI is InChI=1S/C14H22N2O4S/c1-8-10(14(5,6)7-9(17)18)21-11(15-8)16-12(19)20-13(2,3)4/h7H2,1-6H3,(H,17,18)(H,15,16,19). The smallest absolute Gasteiger partial charge is 0.413 e. The molecule has 0 saturated heterocycles. The third kappa shape index (κ3) is 5.34. The van der Waals surface area contributed by atoms with Gasteiger partial charge in [0.1, 0.15) is 5.60 Å². The highest BCUT2D eigenvalue weighted by Crippen LogP contribution is 2.36. The summed E-state index contributed by atoms with van der Waals surface area (Å²) in [4.78, 5) is 27.8. The van der Waals surface area contributed by atoms with Crippen molar-refractivity contribution >= 4 is 28.5 Å². The molecule has 0 atom stereocenters. The largest absolute Gasteiger partial charge is 0.481 e. The van der Waals surface area contributed by atoms with Gasteiger partial charge in [0.25, 0.3) is 0 Å². The second-order valence-electron chi connectivity index (χ2n) is 6.51. The van der Waals surface area contributed by atoms with E-state index in [9.17, 15) is 9.59 Å². The van der Waals surface area contributed by atoms with Gasteiger partial charge in [-0.3, -0.25) is 10.1 Å². The zero-order chi connectivity index (χ0) is 16.4. The van der Waals surface area contributed by atoms with Crippen LogP contribution in [0.5, 0.6) is 0 Å². The van der Waals surface area contributed by atoms with Gasteiger partial charge in [0, 0.05) is 10.3 Å². The molecule has 2 N–H and O–H groups in total. The van der Waals surface area contributed by atoms with Gasteiger partial charge in [-0.05, 0) is 27.7 Å². The lowest BCUT2D eigenvalue weighted by molar-refractivity contribution is -0.138. The minimum atomic E-state index is -0.866. The van der Waals surface area contributed by atoms with Crippen molar-refractivity contribution in [2.75, 3.05) is 5.32 Å². The molecule has 0 bridgehead atoms. The van der Waals surface area contributed by atoms with E-state index in [0.29, 0.717) is 5.13 Å². The number of carboxylic acids is 1. The first-order valence-electron chi connectivity index (χ1n) is 6.60. The van der Waals surface area contributed by atoms with Gasteiger partial charge in [0.05, 0.1) is 12.1 Å². The minimum Gasteiger partial charge on any atom is -0.481 e. The average molecular weight is 314 g/mol. The Labute approximate surface area is 128 Å². The van der Waals surface area contributed by atoms with E-state index in [4.69, 9.17) is 9.84 Å². The number of ether oxygens (including phenoxy) is 1. The van der Waals surface area contributed by atoms with E-state index >= 15 is 0 Å². The van der Waals surface area contributed by atoms with Crippen molar-refractivity contribution in [3.63, 3.8) is 0 Å². The number of aliphatic carboxylic acids is 1. The number of hydrogen-bond donors (Lipinski definition) is 2. The molecule has 0 aliphatic carbocycles. The average Bonchev–Trinajstić information content (AvgIpc) is 2.54. The Kier molecular flexibility index (Phi) is 4.99. The van der Waals surface area contributed by atoms with Crippen molar-refractivity contribution in [3.05, 3.63) is 10.6 Å². The molecule has 0 unspecified atom stereocenters. The van der Waals surface area contributed by atoms with E-state index in [0.717, 1.165) is 10.6 Å². The number of carbonyl (C=O) groups excluding carboxylic acids is 1. The Morgan fingerprint density at radius 2 is 1.86 bits per heavy atom. The van der Waals surface area contributed by atoms with Crippen molar-refractivity contribution in [2.45, 2.75) is 59.0 Å². The van der Waals surface area contributed by atoms with Crippen molar-refractivity contribution < 1.29 is 19.4 Å². The number of anilines is 1. The lowest BCUT2D eigenvalue weighted by Crippen LogP contribution is -2.27. The molecule has 0 aliphatic rings. The van der Waals surface area contributed by atoms with Crippen LogP contribution in [0.25, 0.3) is 0 Å². The number of carboxylic acid groups (broad SMARTS) is 1. The van der Waals surface area contributed by atoms with E-state index in [1.165, 1.54) is 11.3 Å². The molecule has 0 saturated carbocycles. The molecule has 21 heavy (non-hydrogen) atoms. The molecule has 0 aliphatic heterocycles. The van der Waals surface area contributed by atoms with Crippen LogP contribution in [0.15, 0.2) is 0 Å². The molecule has 0 aromatic carbocycles. The fraction of sp³-hybridized carbons (Fsp3) is 0.643. The molecule has 0 fully saturated rings. The predicted octanol–water partition coefficient (Wildman–Crippen LogP) is 3.55. The molecular weight excluding hydrogens is 292 g/mol. The predicted molar refractivity (Wildman–Crippen MR) is 82.0 cm³/mol. The molecule has 0 radical (unpaired) electrons. The summed E-state index contributed by atoms with van der Waals surface area (Å²) < 4.78 is 5.16. The summed E-state index contributed by atoms with van der Waals surface area (Å²) in [5, 5.41) is 12.0. The van der Waals surface area contributed by atoms with E-state index in [-0.39, 0.29) is 6.42 Å². The van der Waals surface area contributed by atoms with Gasteiger partial charge >= 0.3 is 12.1 Å². The maximum absolute atomic E-state index is 11.7. The van der Waals surface area contributed by atoms with Crippen LogP contribution in [0.2, 0.25) is 0 Å². The molecule has 7 heteroatoms. The zero-order valence-electron chi connectivity index (χ0n) is 13.2. The fourth-order valence-electron chi connectivity index (χ4n) is 1.93. The van der Waals surface area contributed by atoms with Gasteiger partial charge in [0.15, 0.2) is 5.13 Å². The number of rotatable bonds is 4. The van der Waals surface area contributed by atoms with Crippen molar-refractivity contribution in [1.29, 1.82) is 0 Å². The van der Waals surface area contributed by atoms with Crippen molar-refractivity contribution in [2.24, 2.45) is 0 Å². The van der Waals surface area contributed by atoms with Crippen LogP contribution in [0.3, 0.4) is 0 Å². The first kappa shape index (κ1) is 17.4. The van der Waals surface area contributed by atoms with Crippen LogP contribution in [0, 0.1) is 6.92 Å². The minimum absolute atomic E-state index is 0.00190. The lowest BCUT2D eigenvalue weighted by Gasteiger charge is -2.21. The third-order valence-electron chi connectivity index (χ3n) is 2.61. The van der Waals surface area contributed by atoms with Crippen molar-refractivity contribution in [1.82, 2.24) is 4.98 Å². The molecule has 1 aromatic heterocycles. The Bertz CT molecular complexity index is 544. The summed E-state index contributed by atoms with van der Waals surface area (Å²) in [6.45, 7) is 10.8. The number of hydrogen-bond acceptors (Lipinski definition) is 5. The Morgan fingerprint density at radius 3 is 2.33 bits per heavy atom. The SMILES string of the molecule is Cc1nc(NC(=O)OC(C)(C)C)sc1C(C)(C)CC(=O)O. The highest BCUT2D eigenvalue weighted by atomic mass is 32.1. The second kappa shape index (κ2) is 6.01. The molecule has 1 rings (SSSR count). The van der Waals surface area contributed by atoms with Gasteiger partial charge in [-0.1, -0.05) is 13.8 Å². The summed E-state index contributed by atoms with van der Waals surface area (Å²) >= 11 is 1.28. The number of aryl methyl sites for hydroxylation is 1. The summed E-state index contributed by atoms with van der Waals surface area (Å²) in [5.74, 6) is -0.866. The normalized spacial score (nSPS) is 12.1. The van der Waals surface area contributed by atoms with Gasteiger partial charge < -0.3 is 9.84 Å². The van der Waals surface area contributed by atoms with Crippen LogP contribution in [-0.4, -0.2) is 27.8 Å². The van der Waals surface area contributed by atoms with Crippen LogP contribution >= 0.6 is 11.3 Å². The number of thiazole rings is 1. The molecule has 1 amide bonds. The van der Waals surface area contributed by atoms with Crippen LogP contribution in [0.1, 0.15) is 51.6 Å². The summed E-state index contributed by atoms with van der Waals surface area (Å²) in [7, 11) is 0. The first-order valence-corrected chi connectivity index (χ1v) is 7.42. The Balaban J connectivity index is 2.88. The molecule has 1 aromatic rings. The number of aromatic nitrogens is 1. The van der Waals surface area contributed by atoms with Gasteiger partial charge in [-0.15, -0.1) is 11.3 Å².